The van der Waals surface area contributed by atoms with Crippen LogP contribution < -0.4 is 10.5 Å². The van der Waals surface area contributed by atoms with Crippen LogP contribution in [0.2, 0.25) is 0 Å². The van der Waals surface area contributed by atoms with E-state index < -0.39 is 17.7 Å². The second-order valence-corrected chi connectivity index (χ2v) is 4.37. The number of ether oxygens (including phenoxy) is 1. The maximum atomic E-state index is 13.7. The van der Waals surface area contributed by atoms with Gasteiger partial charge in [-0.25, -0.2) is 8.78 Å². The summed E-state index contributed by atoms with van der Waals surface area (Å²) in [5.74, 6) is -0.572. The molecule has 0 saturated carbocycles. The van der Waals surface area contributed by atoms with Gasteiger partial charge in [0.1, 0.15) is 17.4 Å². The molecule has 0 heterocycles. The van der Waals surface area contributed by atoms with Crippen molar-refractivity contribution in [2.24, 2.45) is 5.73 Å². The molecule has 2 N–H and O–H groups in total. The highest BCUT2D eigenvalue weighted by atomic mass is 19.1. The van der Waals surface area contributed by atoms with Crippen molar-refractivity contribution < 1.29 is 13.5 Å². The Labute approximate surface area is 110 Å². The predicted molar refractivity (Wildman–Crippen MR) is 70.1 cm³/mol. The fourth-order valence-corrected chi connectivity index (χ4v) is 1.96. The average Bonchev–Trinajstić information content (AvgIpc) is 2.38. The van der Waals surface area contributed by atoms with Crippen LogP contribution in [0.1, 0.15) is 22.7 Å². The molecule has 0 bridgehead atoms. The van der Waals surface area contributed by atoms with Gasteiger partial charge in [-0.3, -0.25) is 0 Å². The van der Waals surface area contributed by atoms with Crippen molar-refractivity contribution in [1.82, 2.24) is 0 Å². The molecule has 0 aliphatic carbocycles. The summed E-state index contributed by atoms with van der Waals surface area (Å²) in [4.78, 5) is 0. The molecular formula is C15H15F2NO. The molecule has 1 atom stereocenters. The van der Waals surface area contributed by atoms with Gasteiger partial charge in [0.05, 0.1) is 13.2 Å². The first-order chi connectivity index (χ1) is 9.02. The Morgan fingerprint density at radius 1 is 1.11 bits per heavy atom. The SMILES string of the molecule is COc1cc(C(N)c2ccc(F)cc2F)ccc1C. The summed E-state index contributed by atoms with van der Waals surface area (Å²) >= 11 is 0. The number of methoxy groups -OCH3 is 1. The Morgan fingerprint density at radius 2 is 1.84 bits per heavy atom. The molecule has 2 aromatic carbocycles. The first-order valence-corrected chi connectivity index (χ1v) is 5.88. The molecule has 0 radical (unpaired) electrons. The highest BCUT2D eigenvalue weighted by Crippen LogP contribution is 2.27. The number of halogens is 2. The molecule has 0 amide bonds. The number of hydrogen-bond donors (Lipinski definition) is 1. The van der Waals surface area contributed by atoms with Crippen LogP contribution in [-0.2, 0) is 0 Å². The monoisotopic (exact) mass is 263 g/mol. The Bertz CT molecular complexity index is 599. The molecular weight excluding hydrogens is 248 g/mol. The Morgan fingerprint density at radius 3 is 2.47 bits per heavy atom. The largest absolute Gasteiger partial charge is 0.496 e. The van der Waals surface area contributed by atoms with E-state index in [-0.39, 0.29) is 5.56 Å². The summed E-state index contributed by atoms with van der Waals surface area (Å²) in [6.07, 6.45) is 0. The standard InChI is InChI=1S/C15H15F2NO/c1-9-3-4-10(7-14(9)19-2)15(18)12-6-5-11(16)8-13(12)17/h3-8,15H,18H2,1-2H3. The second kappa shape index (κ2) is 5.36. The van der Waals surface area contributed by atoms with Crippen molar-refractivity contribution in [3.8, 4) is 5.75 Å². The Balaban J connectivity index is 2.40. The van der Waals surface area contributed by atoms with Gasteiger partial charge in [-0.2, -0.15) is 0 Å². The predicted octanol–water partition coefficient (Wildman–Crippen LogP) is 3.33. The molecule has 19 heavy (non-hydrogen) atoms. The molecule has 0 saturated heterocycles. The highest BCUT2D eigenvalue weighted by molar-refractivity contribution is 5.41. The number of aryl methyl sites for hydroxylation is 1. The van der Waals surface area contributed by atoms with E-state index in [9.17, 15) is 8.78 Å². The van der Waals surface area contributed by atoms with Crippen molar-refractivity contribution in [3.05, 3.63) is 64.7 Å². The van der Waals surface area contributed by atoms with Crippen LogP contribution in [0.3, 0.4) is 0 Å². The van der Waals surface area contributed by atoms with E-state index in [0.29, 0.717) is 11.3 Å². The van der Waals surface area contributed by atoms with E-state index in [2.05, 4.69) is 0 Å². The van der Waals surface area contributed by atoms with Crippen LogP contribution in [0.25, 0.3) is 0 Å². The number of nitrogens with two attached hydrogens (primary N) is 1. The summed E-state index contributed by atoms with van der Waals surface area (Å²) in [7, 11) is 1.57. The summed E-state index contributed by atoms with van der Waals surface area (Å²) in [5, 5.41) is 0. The van der Waals surface area contributed by atoms with Crippen LogP contribution in [0.15, 0.2) is 36.4 Å². The topological polar surface area (TPSA) is 35.2 Å². The molecule has 0 fully saturated rings. The fourth-order valence-electron chi connectivity index (χ4n) is 1.96. The summed E-state index contributed by atoms with van der Waals surface area (Å²) < 4.78 is 31.8. The van der Waals surface area contributed by atoms with E-state index >= 15 is 0 Å². The molecule has 0 aromatic heterocycles. The minimum Gasteiger partial charge on any atom is -0.496 e. The third-order valence-corrected chi connectivity index (χ3v) is 3.09. The lowest BCUT2D eigenvalue weighted by Gasteiger charge is -2.15. The smallest absolute Gasteiger partial charge is 0.131 e. The summed E-state index contributed by atoms with van der Waals surface area (Å²) in [6, 6.07) is 8.17. The maximum absolute atomic E-state index is 13.7. The molecule has 2 nitrogen and oxygen atoms in total. The lowest BCUT2D eigenvalue weighted by atomic mass is 9.98. The highest BCUT2D eigenvalue weighted by Gasteiger charge is 2.15. The lowest BCUT2D eigenvalue weighted by molar-refractivity contribution is 0.411. The molecule has 2 rings (SSSR count). The third-order valence-electron chi connectivity index (χ3n) is 3.09. The molecule has 0 spiro atoms. The van der Waals surface area contributed by atoms with Gasteiger partial charge in [-0.05, 0) is 30.2 Å². The van der Waals surface area contributed by atoms with Gasteiger partial charge in [0.25, 0.3) is 0 Å². The zero-order valence-corrected chi connectivity index (χ0v) is 10.8. The summed E-state index contributed by atoms with van der Waals surface area (Å²) in [5.41, 5.74) is 7.97. The van der Waals surface area contributed by atoms with Crippen molar-refractivity contribution in [2.75, 3.05) is 7.11 Å². The molecule has 4 heteroatoms. The first-order valence-electron chi connectivity index (χ1n) is 5.88. The minimum absolute atomic E-state index is 0.257. The van der Waals surface area contributed by atoms with Crippen molar-refractivity contribution in [1.29, 1.82) is 0 Å². The van der Waals surface area contributed by atoms with Gasteiger partial charge in [-0.1, -0.05) is 18.2 Å². The molecule has 100 valence electrons. The van der Waals surface area contributed by atoms with E-state index in [1.54, 1.807) is 13.2 Å². The van der Waals surface area contributed by atoms with E-state index in [1.165, 1.54) is 12.1 Å². The van der Waals surface area contributed by atoms with E-state index in [4.69, 9.17) is 10.5 Å². The minimum atomic E-state index is -0.657. The van der Waals surface area contributed by atoms with Gasteiger partial charge in [-0.15, -0.1) is 0 Å². The van der Waals surface area contributed by atoms with Crippen LogP contribution in [-0.4, -0.2) is 7.11 Å². The second-order valence-electron chi connectivity index (χ2n) is 4.37. The van der Waals surface area contributed by atoms with Crippen molar-refractivity contribution >= 4 is 0 Å². The molecule has 1 unspecified atom stereocenters. The quantitative estimate of drug-likeness (QED) is 0.921. The van der Waals surface area contributed by atoms with Crippen molar-refractivity contribution in [3.63, 3.8) is 0 Å². The number of rotatable bonds is 3. The van der Waals surface area contributed by atoms with E-state index in [0.717, 1.165) is 11.6 Å². The van der Waals surface area contributed by atoms with Crippen LogP contribution >= 0.6 is 0 Å². The zero-order chi connectivity index (χ0) is 14.0. The fraction of sp³-hybridized carbons (Fsp3) is 0.200. The Kier molecular flexibility index (Phi) is 3.81. The summed E-state index contributed by atoms with van der Waals surface area (Å²) in [6.45, 7) is 1.91. The molecule has 0 aliphatic rings. The zero-order valence-electron chi connectivity index (χ0n) is 10.8. The van der Waals surface area contributed by atoms with Gasteiger partial charge < -0.3 is 10.5 Å². The number of benzene rings is 2. The molecule has 2 aromatic rings. The third kappa shape index (κ3) is 2.74. The lowest BCUT2D eigenvalue weighted by Crippen LogP contribution is -2.14. The number of hydrogen-bond acceptors (Lipinski definition) is 2. The van der Waals surface area contributed by atoms with Crippen LogP contribution in [0.4, 0.5) is 8.78 Å². The normalized spacial score (nSPS) is 12.3. The van der Waals surface area contributed by atoms with Gasteiger partial charge in [0.2, 0.25) is 0 Å². The van der Waals surface area contributed by atoms with Crippen LogP contribution in [0, 0.1) is 18.6 Å². The van der Waals surface area contributed by atoms with Gasteiger partial charge >= 0.3 is 0 Å². The first kappa shape index (κ1) is 13.5. The van der Waals surface area contributed by atoms with E-state index in [1.807, 2.05) is 19.1 Å². The molecule has 0 aliphatic heterocycles. The van der Waals surface area contributed by atoms with Gasteiger partial charge in [0, 0.05) is 11.6 Å². The maximum Gasteiger partial charge on any atom is 0.131 e. The van der Waals surface area contributed by atoms with Crippen LogP contribution in [0.5, 0.6) is 5.75 Å². The van der Waals surface area contributed by atoms with Crippen molar-refractivity contribution in [2.45, 2.75) is 13.0 Å². The van der Waals surface area contributed by atoms with Gasteiger partial charge in [0.15, 0.2) is 0 Å². The Hall–Kier alpha value is -1.94. The average molecular weight is 263 g/mol.